The molecular formula is C14H24O3. The highest BCUT2D eigenvalue weighted by Gasteiger charge is 1.99. The first-order valence-corrected chi connectivity index (χ1v) is 6.55. The third kappa shape index (κ3) is 12.8. The van der Waals surface area contributed by atoms with Crippen LogP contribution in [0.4, 0.5) is 0 Å². The molecule has 3 nitrogen and oxygen atoms in total. The van der Waals surface area contributed by atoms with Crippen LogP contribution in [0.3, 0.4) is 0 Å². The van der Waals surface area contributed by atoms with Crippen LogP contribution in [0.5, 0.6) is 0 Å². The molecule has 0 fully saturated rings. The van der Waals surface area contributed by atoms with Crippen molar-refractivity contribution in [1.82, 2.24) is 0 Å². The standard InChI is InChI=1S/C14H24O3/c1-2-17-14(16)12-10-8-6-4-3-5-7-9-11-13-15/h2,13H,1,3-12H2. The lowest BCUT2D eigenvalue weighted by molar-refractivity contribution is -0.138. The number of esters is 1. The highest BCUT2D eigenvalue weighted by atomic mass is 16.5. The van der Waals surface area contributed by atoms with E-state index >= 15 is 0 Å². The Hall–Kier alpha value is -1.12. The molecular weight excluding hydrogens is 216 g/mol. The van der Waals surface area contributed by atoms with E-state index in [0.29, 0.717) is 12.8 Å². The molecule has 0 aliphatic carbocycles. The van der Waals surface area contributed by atoms with Gasteiger partial charge in [0.1, 0.15) is 6.29 Å². The number of rotatable bonds is 12. The molecule has 0 bridgehead atoms. The van der Waals surface area contributed by atoms with Crippen LogP contribution >= 0.6 is 0 Å². The largest absolute Gasteiger partial charge is 0.435 e. The Bertz CT molecular complexity index is 212. The van der Waals surface area contributed by atoms with Crippen molar-refractivity contribution < 1.29 is 14.3 Å². The fourth-order valence-corrected chi connectivity index (χ4v) is 1.71. The van der Waals surface area contributed by atoms with Gasteiger partial charge in [0.2, 0.25) is 0 Å². The van der Waals surface area contributed by atoms with E-state index in [2.05, 4.69) is 11.3 Å². The second-order valence-corrected chi connectivity index (χ2v) is 4.19. The number of hydrogen-bond donors (Lipinski definition) is 0. The second-order valence-electron chi connectivity index (χ2n) is 4.19. The number of carbonyl (C=O) groups excluding carboxylic acids is 2. The van der Waals surface area contributed by atoms with Gasteiger partial charge in [-0.1, -0.05) is 45.1 Å². The Kier molecular flexibility index (Phi) is 12.1. The van der Waals surface area contributed by atoms with Gasteiger partial charge >= 0.3 is 5.97 Å². The van der Waals surface area contributed by atoms with E-state index in [-0.39, 0.29) is 5.97 Å². The zero-order chi connectivity index (χ0) is 12.8. The summed E-state index contributed by atoms with van der Waals surface area (Å²) in [5.74, 6) is -0.186. The molecule has 0 aromatic carbocycles. The zero-order valence-corrected chi connectivity index (χ0v) is 10.7. The van der Waals surface area contributed by atoms with Gasteiger partial charge in [-0.05, 0) is 12.8 Å². The third-order valence-electron chi connectivity index (χ3n) is 2.67. The maximum absolute atomic E-state index is 11.0. The van der Waals surface area contributed by atoms with Gasteiger partial charge in [-0.15, -0.1) is 0 Å². The maximum Gasteiger partial charge on any atom is 0.310 e. The van der Waals surface area contributed by atoms with Crippen molar-refractivity contribution in [2.45, 2.75) is 64.2 Å². The summed E-state index contributed by atoms with van der Waals surface area (Å²) >= 11 is 0. The van der Waals surface area contributed by atoms with Gasteiger partial charge in [0.15, 0.2) is 0 Å². The first-order chi connectivity index (χ1) is 8.31. The smallest absolute Gasteiger partial charge is 0.310 e. The van der Waals surface area contributed by atoms with E-state index in [0.717, 1.165) is 32.0 Å². The lowest BCUT2D eigenvalue weighted by atomic mass is 10.1. The summed E-state index contributed by atoms with van der Waals surface area (Å²) in [7, 11) is 0. The van der Waals surface area contributed by atoms with Gasteiger partial charge in [-0.3, -0.25) is 4.79 Å². The van der Waals surface area contributed by atoms with Crippen LogP contribution in [-0.2, 0) is 14.3 Å². The van der Waals surface area contributed by atoms with Crippen molar-refractivity contribution in [1.29, 1.82) is 0 Å². The molecule has 0 amide bonds. The summed E-state index contributed by atoms with van der Waals surface area (Å²) in [5, 5.41) is 0. The van der Waals surface area contributed by atoms with Gasteiger partial charge in [0.05, 0.1) is 6.26 Å². The second kappa shape index (κ2) is 12.9. The molecule has 0 spiro atoms. The van der Waals surface area contributed by atoms with Crippen LogP contribution in [0.15, 0.2) is 12.8 Å². The molecule has 0 rings (SSSR count). The molecule has 0 saturated carbocycles. The first-order valence-electron chi connectivity index (χ1n) is 6.55. The van der Waals surface area contributed by atoms with Crippen LogP contribution < -0.4 is 0 Å². The first kappa shape index (κ1) is 15.9. The predicted molar refractivity (Wildman–Crippen MR) is 68.5 cm³/mol. The van der Waals surface area contributed by atoms with E-state index in [1.807, 2.05) is 0 Å². The van der Waals surface area contributed by atoms with Crippen molar-refractivity contribution in [3.8, 4) is 0 Å². The SMILES string of the molecule is C=COC(=O)CCCCCCCCCCC=O. The molecule has 0 saturated heterocycles. The predicted octanol–water partition coefficient (Wildman–Crippen LogP) is 3.77. The number of carbonyl (C=O) groups is 2. The molecule has 3 heteroatoms. The number of aldehydes is 1. The molecule has 0 aromatic heterocycles. The van der Waals surface area contributed by atoms with Gasteiger partial charge in [-0.25, -0.2) is 0 Å². The summed E-state index contributed by atoms with van der Waals surface area (Å²) in [4.78, 5) is 21.0. The quantitative estimate of drug-likeness (QED) is 0.226. The minimum absolute atomic E-state index is 0.186. The van der Waals surface area contributed by atoms with Gasteiger partial charge in [-0.2, -0.15) is 0 Å². The fraction of sp³-hybridized carbons (Fsp3) is 0.714. The topological polar surface area (TPSA) is 43.4 Å². The van der Waals surface area contributed by atoms with E-state index in [9.17, 15) is 9.59 Å². The lowest BCUT2D eigenvalue weighted by Gasteiger charge is -2.01. The summed E-state index contributed by atoms with van der Waals surface area (Å²) in [6, 6.07) is 0. The molecule has 0 unspecified atom stereocenters. The average molecular weight is 240 g/mol. The van der Waals surface area contributed by atoms with Crippen molar-refractivity contribution >= 4 is 12.3 Å². The van der Waals surface area contributed by atoms with Crippen LogP contribution in [0.2, 0.25) is 0 Å². The molecule has 0 atom stereocenters. The summed E-state index contributed by atoms with van der Waals surface area (Å²) in [6.45, 7) is 3.34. The van der Waals surface area contributed by atoms with Crippen molar-refractivity contribution in [2.75, 3.05) is 0 Å². The Labute approximate surface area is 104 Å². The molecule has 0 heterocycles. The highest BCUT2D eigenvalue weighted by molar-refractivity contribution is 5.69. The van der Waals surface area contributed by atoms with E-state index < -0.39 is 0 Å². The third-order valence-corrected chi connectivity index (χ3v) is 2.67. The van der Waals surface area contributed by atoms with Crippen LogP contribution in [0.25, 0.3) is 0 Å². The van der Waals surface area contributed by atoms with Crippen LogP contribution in [0, 0.1) is 0 Å². The molecule has 98 valence electrons. The van der Waals surface area contributed by atoms with E-state index in [4.69, 9.17) is 0 Å². The summed E-state index contributed by atoms with van der Waals surface area (Å²) < 4.78 is 4.62. The molecule has 0 radical (unpaired) electrons. The molecule has 0 N–H and O–H groups in total. The normalized spacial score (nSPS) is 9.88. The van der Waals surface area contributed by atoms with E-state index in [1.165, 1.54) is 31.9 Å². The highest BCUT2D eigenvalue weighted by Crippen LogP contribution is 2.10. The Morgan fingerprint density at radius 3 is 2.00 bits per heavy atom. The Morgan fingerprint density at radius 2 is 1.47 bits per heavy atom. The van der Waals surface area contributed by atoms with Crippen LogP contribution in [-0.4, -0.2) is 12.3 Å². The van der Waals surface area contributed by atoms with Gasteiger partial charge in [0.25, 0.3) is 0 Å². The average Bonchev–Trinajstić information content (AvgIpc) is 2.32. The number of unbranched alkanes of at least 4 members (excludes halogenated alkanes) is 8. The monoisotopic (exact) mass is 240 g/mol. The van der Waals surface area contributed by atoms with Gasteiger partial charge in [0, 0.05) is 12.8 Å². The Morgan fingerprint density at radius 1 is 0.941 bits per heavy atom. The van der Waals surface area contributed by atoms with Crippen molar-refractivity contribution in [3.63, 3.8) is 0 Å². The molecule has 0 aliphatic rings. The van der Waals surface area contributed by atoms with Gasteiger partial charge < -0.3 is 9.53 Å². The molecule has 0 aliphatic heterocycles. The number of ether oxygens (including phenoxy) is 1. The molecule has 17 heavy (non-hydrogen) atoms. The summed E-state index contributed by atoms with van der Waals surface area (Å²) in [5.41, 5.74) is 0. The summed E-state index contributed by atoms with van der Waals surface area (Å²) in [6.07, 6.45) is 12.4. The molecule has 0 aromatic rings. The van der Waals surface area contributed by atoms with Crippen molar-refractivity contribution in [2.24, 2.45) is 0 Å². The number of hydrogen-bond acceptors (Lipinski definition) is 3. The fourth-order valence-electron chi connectivity index (χ4n) is 1.71. The minimum atomic E-state index is -0.186. The zero-order valence-electron chi connectivity index (χ0n) is 10.7. The van der Waals surface area contributed by atoms with E-state index in [1.54, 1.807) is 0 Å². The minimum Gasteiger partial charge on any atom is -0.435 e. The maximum atomic E-state index is 11.0. The lowest BCUT2D eigenvalue weighted by Crippen LogP contribution is -1.98. The Balaban J connectivity index is 3.05. The van der Waals surface area contributed by atoms with Crippen molar-refractivity contribution in [3.05, 3.63) is 12.8 Å². The van der Waals surface area contributed by atoms with Crippen LogP contribution in [0.1, 0.15) is 64.2 Å².